The lowest BCUT2D eigenvalue weighted by Gasteiger charge is -2.23. The van der Waals surface area contributed by atoms with Crippen LogP contribution in [0.3, 0.4) is 0 Å². The molecule has 1 amide bonds. The molecule has 0 saturated carbocycles. The number of hydrogen-bond donors (Lipinski definition) is 2. The number of carbonyl (C=O) groups is 1. The average Bonchev–Trinajstić information content (AvgIpc) is 3.18. The number of hydrogen-bond acceptors (Lipinski definition) is 6. The second-order valence-corrected chi connectivity index (χ2v) is 6.17. The van der Waals surface area contributed by atoms with E-state index in [0.29, 0.717) is 38.4 Å². The molecule has 2 aromatic heterocycles. The summed E-state index contributed by atoms with van der Waals surface area (Å²) in [5.41, 5.74) is 0.0759. The molecule has 8 heteroatoms. The van der Waals surface area contributed by atoms with Gasteiger partial charge < -0.3 is 15.3 Å². The highest BCUT2D eigenvalue weighted by molar-refractivity contribution is 5.75. The first-order chi connectivity index (χ1) is 11.6. The van der Waals surface area contributed by atoms with Crippen molar-refractivity contribution in [2.24, 2.45) is 0 Å². The number of aliphatic hydroxyl groups is 1. The number of β-amino-alcohol motifs (C(OH)–C–C–N with tert-alkyl or cyclic N) is 1. The fourth-order valence-electron chi connectivity index (χ4n) is 2.82. The van der Waals surface area contributed by atoms with E-state index in [0.717, 1.165) is 5.69 Å². The fraction of sp³-hybridized carbons (Fsp3) is 0.500. The topological polar surface area (TPSA) is 96.2 Å². The van der Waals surface area contributed by atoms with Gasteiger partial charge >= 0.3 is 0 Å². The van der Waals surface area contributed by atoms with Crippen LogP contribution in [0.15, 0.2) is 30.7 Å². The number of amides is 1. The molecule has 1 fully saturated rings. The van der Waals surface area contributed by atoms with Crippen molar-refractivity contribution < 1.29 is 9.90 Å². The number of nitrogens with one attached hydrogen (secondary N) is 1. The zero-order chi connectivity index (χ0) is 17.0. The normalized spacial score (nSPS) is 20.3. The van der Waals surface area contributed by atoms with Crippen molar-refractivity contribution in [3.63, 3.8) is 0 Å². The summed E-state index contributed by atoms with van der Waals surface area (Å²) in [7, 11) is 0. The third kappa shape index (κ3) is 3.88. The predicted molar refractivity (Wildman–Crippen MR) is 88.4 cm³/mol. The van der Waals surface area contributed by atoms with Gasteiger partial charge in [0.15, 0.2) is 0 Å². The monoisotopic (exact) mass is 330 g/mol. The van der Waals surface area contributed by atoms with Gasteiger partial charge in [-0.05, 0) is 25.5 Å². The largest absolute Gasteiger partial charge is 0.386 e. The Morgan fingerprint density at radius 1 is 1.38 bits per heavy atom. The van der Waals surface area contributed by atoms with Crippen molar-refractivity contribution in [3.8, 4) is 0 Å². The molecule has 8 nitrogen and oxygen atoms in total. The van der Waals surface area contributed by atoms with Crippen LogP contribution in [0.5, 0.6) is 0 Å². The van der Waals surface area contributed by atoms with Crippen molar-refractivity contribution in [2.75, 3.05) is 24.5 Å². The van der Waals surface area contributed by atoms with Crippen LogP contribution in [-0.2, 0) is 11.3 Å². The van der Waals surface area contributed by atoms with Gasteiger partial charge in [0.2, 0.25) is 11.9 Å². The highest BCUT2D eigenvalue weighted by atomic mass is 16.3. The van der Waals surface area contributed by atoms with E-state index >= 15 is 0 Å². The molecule has 3 heterocycles. The van der Waals surface area contributed by atoms with Gasteiger partial charge in [-0.1, -0.05) is 0 Å². The van der Waals surface area contributed by atoms with Crippen molar-refractivity contribution in [3.05, 3.63) is 36.4 Å². The number of rotatable bonds is 6. The smallest absolute Gasteiger partial charge is 0.225 e. The van der Waals surface area contributed by atoms with Crippen LogP contribution >= 0.6 is 0 Å². The number of anilines is 1. The van der Waals surface area contributed by atoms with E-state index in [-0.39, 0.29) is 12.5 Å². The van der Waals surface area contributed by atoms with E-state index in [4.69, 9.17) is 0 Å². The molecule has 2 N–H and O–H groups in total. The van der Waals surface area contributed by atoms with Crippen molar-refractivity contribution in [1.82, 2.24) is 25.1 Å². The standard InChI is InChI=1S/C16H22N6O2/c1-13-3-8-20-22(13)9-4-14(23)19-11-16(24)5-10-21(12-16)15-17-6-2-7-18-15/h2-3,6-8,24H,4-5,9-12H2,1H3,(H,19,23)/t16-/m1/s1. The summed E-state index contributed by atoms with van der Waals surface area (Å²) >= 11 is 0. The molecule has 1 aliphatic heterocycles. The van der Waals surface area contributed by atoms with E-state index in [2.05, 4.69) is 20.4 Å². The Hall–Kier alpha value is -2.48. The summed E-state index contributed by atoms with van der Waals surface area (Å²) in [5, 5.41) is 17.6. The average molecular weight is 330 g/mol. The van der Waals surface area contributed by atoms with Gasteiger partial charge in [0.05, 0.1) is 6.54 Å². The maximum Gasteiger partial charge on any atom is 0.225 e. The molecule has 24 heavy (non-hydrogen) atoms. The van der Waals surface area contributed by atoms with E-state index in [1.165, 1.54) is 0 Å². The van der Waals surface area contributed by atoms with Gasteiger partial charge in [0, 0.05) is 50.3 Å². The number of aromatic nitrogens is 4. The molecule has 1 atom stereocenters. The summed E-state index contributed by atoms with van der Waals surface area (Å²) < 4.78 is 1.79. The fourth-order valence-corrected chi connectivity index (χ4v) is 2.82. The Kier molecular flexibility index (Phi) is 4.75. The van der Waals surface area contributed by atoms with Crippen LogP contribution in [0.25, 0.3) is 0 Å². The maximum atomic E-state index is 12.0. The molecule has 128 valence electrons. The molecular formula is C16H22N6O2. The zero-order valence-corrected chi connectivity index (χ0v) is 13.7. The van der Waals surface area contributed by atoms with Crippen LogP contribution in [0, 0.1) is 6.92 Å². The predicted octanol–water partition coefficient (Wildman–Crippen LogP) is 0.129. The second-order valence-electron chi connectivity index (χ2n) is 6.17. The first-order valence-corrected chi connectivity index (χ1v) is 8.05. The summed E-state index contributed by atoms with van der Waals surface area (Å²) in [5.74, 6) is 0.515. The van der Waals surface area contributed by atoms with Crippen LogP contribution in [0.4, 0.5) is 5.95 Å². The van der Waals surface area contributed by atoms with Gasteiger partial charge in [0.25, 0.3) is 0 Å². The third-order valence-electron chi connectivity index (χ3n) is 4.26. The lowest BCUT2D eigenvalue weighted by atomic mass is 10.0. The van der Waals surface area contributed by atoms with Crippen LogP contribution in [-0.4, -0.2) is 56.0 Å². The Labute approximate surface area is 140 Å². The number of aryl methyl sites for hydroxylation is 2. The minimum absolute atomic E-state index is 0.0901. The molecule has 0 aromatic carbocycles. The molecule has 1 saturated heterocycles. The molecule has 0 bridgehead atoms. The molecule has 2 aromatic rings. The minimum atomic E-state index is -0.948. The lowest BCUT2D eigenvalue weighted by molar-refractivity contribution is -0.122. The van der Waals surface area contributed by atoms with Gasteiger partial charge in [-0.25, -0.2) is 9.97 Å². The first-order valence-electron chi connectivity index (χ1n) is 8.05. The van der Waals surface area contributed by atoms with E-state index in [1.807, 2.05) is 17.9 Å². The zero-order valence-electron chi connectivity index (χ0n) is 13.7. The highest BCUT2D eigenvalue weighted by Gasteiger charge is 2.37. The third-order valence-corrected chi connectivity index (χ3v) is 4.26. The quantitative estimate of drug-likeness (QED) is 0.781. The molecule has 1 aliphatic rings. The summed E-state index contributed by atoms with van der Waals surface area (Å²) in [4.78, 5) is 22.3. The Morgan fingerprint density at radius 3 is 2.88 bits per heavy atom. The first kappa shape index (κ1) is 16.4. The number of nitrogens with zero attached hydrogens (tertiary/aromatic N) is 5. The molecule has 0 unspecified atom stereocenters. The molecule has 0 aliphatic carbocycles. The van der Waals surface area contributed by atoms with E-state index < -0.39 is 5.60 Å². The minimum Gasteiger partial charge on any atom is -0.386 e. The Morgan fingerprint density at radius 2 is 2.17 bits per heavy atom. The summed E-state index contributed by atoms with van der Waals surface area (Å²) in [6.45, 7) is 3.80. The second kappa shape index (κ2) is 6.96. The summed E-state index contributed by atoms with van der Waals surface area (Å²) in [6.07, 6.45) is 5.99. The van der Waals surface area contributed by atoms with Gasteiger partial charge in [-0.2, -0.15) is 5.10 Å². The van der Waals surface area contributed by atoms with Gasteiger partial charge in [-0.15, -0.1) is 0 Å². The van der Waals surface area contributed by atoms with E-state index in [9.17, 15) is 9.90 Å². The summed E-state index contributed by atoms with van der Waals surface area (Å²) in [6, 6.07) is 3.66. The SMILES string of the molecule is Cc1ccnn1CCC(=O)NC[C@]1(O)CCN(c2ncccn2)C1. The van der Waals surface area contributed by atoms with Crippen LogP contribution < -0.4 is 10.2 Å². The molecule has 3 rings (SSSR count). The number of carbonyl (C=O) groups excluding carboxylic acids is 1. The highest BCUT2D eigenvalue weighted by Crippen LogP contribution is 2.23. The van der Waals surface area contributed by atoms with Gasteiger partial charge in [-0.3, -0.25) is 9.48 Å². The molecular weight excluding hydrogens is 308 g/mol. The molecule has 0 radical (unpaired) electrons. The Balaban J connectivity index is 1.46. The Bertz CT molecular complexity index is 689. The molecule has 0 spiro atoms. The van der Waals surface area contributed by atoms with Crippen LogP contribution in [0.2, 0.25) is 0 Å². The van der Waals surface area contributed by atoms with Crippen molar-refractivity contribution in [1.29, 1.82) is 0 Å². The lowest BCUT2D eigenvalue weighted by Crippen LogP contribution is -2.45. The van der Waals surface area contributed by atoms with E-state index in [1.54, 1.807) is 29.3 Å². The van der Waals surface area contributed by atoms with Gasteiger partial charge in [0.1, 0.15) is 5.60 Å². The van der Waals surface area contributed by atoms with Crippen LogP contribution in [0.1, 0.15) is 18.5 Å². The maximum absolute atomic E-state index is 12.0. The van der Waals surface area contributed by atoms with Crippen molar-refractivity contribution in [2.45, 2.75) is 31.9 Å². The van der Waals surface area contributed by atoms with Crippen molar-refractivity contribution >= 4 is 11.9 Å².